The predicted octanol–water partition coefficient (Wildman–Crippen LogP) is -0.698. The van der Waals surface area contributed by atoms with Gasteiger partial charge in [0.25, 0.3) is 5.56 Å². The van der Waals surface area contributed by atoms with E-state index in [1.54, 1.807) is 13.8 Å². The molecule has 0 aromatic carbocycles. The molecular weight excluding hydrogens is 1050 g/mol. The summed E-state index contributed by atoms with van der Waals surface area (Å²) in [5, 5.41) is 55.2. The highest BCUT2D eigenvalue weighted by Gasteiger charge is 2.57. The number of carbonyl (C=O) groups excluding carboxylic acids is 4. The van der Waals surface area contributed by atoms with Gasteiger partial charge in [-0.1, -0.05) is 65.7 Å². The minimum absolute atomic E-state index is 0.216. The van der Waals surface area contributed by atoms with Crippen LogP contribution in [0.2, 0.25) is 0 Å². The Labute approximate surface area is 459 Å². The van der Waals surface area contributed by atoms with Crippen molar-refractivity contribution in [2.75, 3.05) is 48.5 Å². The van der Waals surface area contributed by atoms with Gasteiger partial charge in [0.2, 0.25) is 12.2 Å². The average Bonchev–Trinajstić information content (AvgIpc) is 3.83. The van der Waals surface area contributed by atoms with Crippen LogP contribution in [0.25, 0.3) is 0 Å². The molecule has 1 amide bonds. The van der Waals surface area contributed by atoms with E-state index in [9.17, 15) is 59.1 Å². The van der Waals surface area contributed by atoms with E-state index in [0.29, 0.717) is 12.3 Å². The molecule has 27 heteroatoms. The molecule has 5 rings (SSSR count). The van der Waals surface area contributed by atoms with Crippen molar-refractivity contribution in [3.05, 3.63) is 33.1 Å². The molecule has 450 valence electrons. The lowest BCUT2D eigenvalue weighted by Gasteiger charge is -2.43. The molecule has 1 aromatic rings. The van der Waals surface area contributed by atoms with E-state index >= 15 is 0 Å². The number of methoxy groups -OCH3 is 3. The molecule has 4 saturated heterocycles. The molecule has 27 nitrogen and oxygen atoms in total. The van der Waals surface area contributed by atoms with Gasteiger partial charge in [-0.2, -0.15) is 0 Å². The molecule has 79 heavy (non-hydrogen) atoms. The van der Waals surface area contributed by atoms with Gasteiger partial charge in [-0.05, 0) is 38.6 Å². The van der Waals surface area contributed by atoms with Crippen LogP contribution in [0.4, 0.5) is 0 Å². The summed E-state index contributed by atoms with van der Waals surface area (Å²) in [5.74, 6) is -4.93. The number of likely N-dealkylation sites (N-methyl/N-ethyl adjacent to an activating group) is 2. The number of hydrogen-bond donors (Lipinski definition) is 7. The molecule has 0 spiro atoms. The summed E-state index contributed by atoms with van der Waals surface area (Å²) in [5.41, 5.74) is 3.94. The number of carboxylic acids is 1. The molecule has 1 aromatic heterocycles. The molecule has 5 heterocycles. The minimum Gasteiger partial charge on any atom is -0.480 e. The maximum Gasteiger partial charge on any atom is 0.330 e. The van der Waals surface area contributed by atoms with Crippen LogP contribution in [0.5, 0.6) is 0 Å². The van der Waals surface area contributed by atoms with Crippen LogP contribution >= 0.6 is 0 Å². The molecule has 0 bridgehead atoms. The lowest BCUT2D eigenvalue weighted by Crippen LogP contribution is -2.59. The number of aliphatic hydroxyl groups excluding tert-OH is 4. The number of esters is 3. The van der Waals surface area contributed by atoms with Crippen molar-refractivity contribution in [3.63, 3.8) is 0 Å². The first-order valence-electron chi connectivity index (χ1n) is 27.2. The highest BCUT2D eigenvalue weighted by atomic mass is 16.7. The summed E-state index contributed by atoms with van der Waals surface area (Å²) in [6.45, 7) is 6.99. The van der Waals surface area contributed by atoms with Crippen LogP contribution in [-0.2, 0) is 71.3 Å². The van der Waals surface area contributed by atoms with Crippen molar-refractivity contribution >= 4 is 29.8 Å². The van der Waals surface area contributed by atoms with E-state index < -0.39 is 170 Å². The highest BCUT2D eigenvalue weighted by molar-refractivity contribution is 5.88. The van der Waals surface area contributed by atoms with Gasteiger partial charge < -0.3 is 83.5 Å². The first kappa shape index (κ1) is 65.3. The van der Waals surface area contributed by atoms with Gasteiger partial charge in [0.05, 0.1) is 12.5 Å². The number of aliphatic hydroxyl groups is 4. The summed E-state index contributed by atoms with van der Waals surface area (Å²) in [6.07, 6.45) is -13.9. The summed E-state index contributed by atoms with van der Waals surface area (Å²) >= 11 is 0. The number of nitrogens with one attached hydrogen (secondary N) is 1. The molecule has 8 N–H and O–H groups in total. The Hall–Kier alpha value is -4.49. The van der Waals surface area contributed by atoms with Gasteiger partial charge in [0, 0.05) is 66.6 Å². The van der Waals surface area contributed by atoms with Crippen LogP contribution in [-0.4, -0.2) is 227 Å². The second-order valence-electron chi connectivity index (χ2n) is 21.3. The number of carbonyl (C=O) groups is 5. The average molecular weight is 1130 g/mol. The Balaban J connectivity index is 1.33. The normalized spacial score (nSPS) is 32.9. The third kappa shape index (κ3) is 16.8. The Morgan fingerprint density at radius 2 is 1.38 bits per heavy atom. The number of amides is 1. The second-order valence-corrected chi connectivity index (χ2v) is 21.3. The number of aliphatic carboxylic acids is 1. The number of nitrogens with two attached hydrogens (primary N) is 1. The molecule has 0 aliphatic carbocycles. The molecule has 2 unspecified atom stereocenters. The molecule has 4 fully saturated rings. The van der Waals surface area contributed by atoms with Gasteiger partial charge >= 0.3 is 29.6 Å². The standard InChI is InChI=1S/C52H85N5O22/c1-10-26(2)17-15-13-11-12-14-16-18-29(74-33(59)21-27(3)22-34(60)77-51-46(72-9)45(71-8)42(70-7)28(4)73-51)23-35(61)75-31-25-55(5)37(47(66)56(6)36(31)49(67)68)43(79-50-41(65)38(62)30(24-53)76-50)44-39(63)40(64)48(78-44)57-20-19-32(58)54-52(57)69/h19-20,26-31,36-46,48,50-51,62-65H,10-18,21-25,53H2,1-9H3,(H,67,68)(H,54,58,69)/t26?,27-,28-,29-,30+,31-,36-,37-,38+,39-,40+,41+,42-,43?,44-,45+,46+,48+,50-,51-/m0/s1. The zero-order valence-corrected chi connectivity index (χ0v) is 46.7. The summed E-state index contributed by atoms with van der Waals surface area (Å²) in [6, 6.07) is -2.60. The third-order valence-corrected chi connectivity index (χ3v) is 15.4. The molecule has 4 aliphatic rings. The van der Waals surface area contributed by atoms with E-state index in [0.717, 1.165) is 73.7 Å². The van der Waals surface area contributed by atoms with Crippen LogP contribution in [0.15, 0.2) is 21.9 Å². The maximum atomic E-state index is 14.7. The minimum atomic E-state index is -1.97. The van der Waals surface area contributed by atoms with E-state index in [1.807, 2.05) is 4.98 Å². The summed E-state index contributed by atoms with van der Waals surface area (Å²) in [7, 11) is 6.87. The van der Waals surface area contributed by atoms with Gasteiger partial charge in [-0.25, -0.2) is 9.59 Å². The van der Waals surface area contributed by atoms with Crippen LogP contribution in [0.3, 0.4) is 0 Å². The van der Waals surface area contributed by atoms with Crippen LogP contribution in [0, 0.1) is 11.8 Å². The first-order valence-corrected chi connectivity index (χ1v) is 27.2. The number of ether oxygens (including phenoxy) is 10. The fourth-order valence-corrected chi connectivity index (χ4v) is 10.8. The number of hydrogen-bond acceptors (Lipinski definition) is 23. The smallest absolute Gasteiger partial charge is 0.330 e. The number of nitrogens with zero attached hydrogens (tertiary/aromatic N) is 3. The number of carboxylic acid groups (broad SMARTS) is 1. The summed E-state index contributed by atoms with van der Waals surface area (Å²) < 4.78 is 58.7. The van der Waals surface area contributed by atoms with E-state index in [-0.39, 0.29) is 25.8 Å². The van der Waals surface area contributed by atoms with Gasteiger partial charge in [-0.3, -0.25) is 38.4 Å². The van der Waals surface area contributed by atoms with E-state index in [4.69, 9.17) is 53.1 Å². The fraction of sp³-hybridized carbons (Fsp3) is 0.827. The van der Waals surface area contributed by atoms with Crippen molar-refractivity contribution in [1.29, 1.82) is 0 Å². The molecule has 0 radical (unpaired) electrons. The van der Waals surface area contributed by atoms with Crippen molar-refractivity contribution in [2.45, 2.75) is 215 Å². The lowest BCUT2D eigenvalue weighted by atomic mass is 9.97. The maximum absolute atomic E-state index is 14.7. The Bertz CT molecular complexity index is 2250. The van der Waals surface area contributed by atoms with Gasteiger partial charge in [0.15, 0.2) is 18.6 Å². The molecular formula is C52H85N5O22. The number of unbranched alkanes of at least 4 members (excludes halogenated alkanes) is 5. The monoisotopic (exact) mass is 1130 g/mol. The number of H-pyrrole nitrogens is 1. The lowest BCUT2D eigenvalue weighted by molar-refractivity contribution is -0.297. The largest absolute Gasteiger partial charge is 0.480 e. The zero-order valence-electron chi connectivity index (χ0n) is 46.7. The summed E-state index contributed by atoms with van der Waals surface area (Å²) in [4.78, 5) is 97.6. The third-order valence-electron chi connectivity index (χ3n) is 15.4. The van der Waals surface area contributed by atoms with Crippen molar-refractivity contribution in [2.24, 2.45) is 17.6 Å². The SMILES string of the molecule is CCC(C)CCCCCCCC[C@@H](CC(=O)O[C@H]1CN(C)[C@@H](C(O[C@@H]2O[C@H](CN)[C@@H](O)[C@H]2O)[C@H]2O[C@@H](n3ccc(=O)[nH]c3=O)[C@H](O)[C@@H]2O)C(=O)N(C)[C@@H]1C(=O)O)OC(=O)C[C@H](C)CC(=O)O[C@@H]1O[C@@H](C)[C@H](OC)[C@@H](OC)[C@H]1OC. The van der Waals surface area contributed by atoms with Crippen LogP contribution < -0.4 is 17.0 Å². The van der Waals surface area contributed by atoms with Crippen molar-refractivity contribution in [3.8, 4) is 0 Å². The topological polar surface area (TPSA) is 366 Å². The quantitative estimate of drug-likeness (QED) is 0.0296. The first-order chi connectivity index (χ1) is 37.5. The molecule has 20 atom stereocenters. The fourth-order valence-electron chi connectivity index (χ4n) is 10.8. The predicted molar refractivity (Wildman–Crippen MR) is 274 cm³/mol. The van der Waals surface area contributed by atoms with Crippen LogP contribution in [0.1, 0.15) is 111 Å². The van der Waals surface area contributed by atoms with Crippen molar-refractivity contribution < 1.29 is 96.9 Å². The Morgan fingerprint density at radius 1 is 0.759 bits per heavy atom. The van der Waals surface area contributed by atoms with Gasteiger partial charge in [-0.15, -0.1) is 0 Å². The van der Waals surface area contributed by atoms with Gasteiger partial charge in [0.1, 0.15) is 79.3 Å². The van der Waals surface area contributed by atoms with E-state index in [1.165, 1.54) is 33.3 Å². The zero-order chi connectivity index (χ0) is 58.4. The van der Waals surface area contributed by atoms with Crippen molar-refractivity contribution in [1.82, 2.24) is 19.4 Å². The molecule has 4 aliphatic heterocycles. The second kappa shape index (κ2) is 30.5. The number of aromatic nitrogens is 2. The molecule has 0 saturated carbocycles. The Kier molecular flexibility index (Phi) is 25.2. The number of rotatable bonds is 29. The van der Waals surface area contributed by atoms with E-state index in [2.05, 4.69) is 13.8 Å². The Morgan fingerprint density at radius 3 is 1.97 bits per heavy atom. The highest BCUT2D eigenvalue weighted by Crippen LogP contribution is 2.37. The number of aromatic amines is 1.